The first-order valence-electron chi connectivity index (χ1n) is 6.42. The van der Waals surface area contributed by atoms with Crippen LogP contribution >= 0.6 is 27.5 Å². The van der Waals surface area contributed by atoms with E-state index in [-0.39, 0.29) is 5.92 Å². The number of rotatable bonds is 5. The van der Waals surface area contributed by atoms with E-state index in [1.54, 1.807) is 7.11 Å². The summed E-state index contributed by atoms with van der Waals surface area (Å²) >= 11 is 9.56. The monoisotopic (exact) mass is 353 g/mol. The molecule has 2 rings (SSSR count). The third-order valence-corrected chi connectivity index (χ3v) is 4.04. The summed E-state index contributed by atoms with van der Waals surface area (Å²) in [6, 6.07) is 13.9. The summed E-state index contributed by atoms with van der Waals surface area (Å²) in [6.07, 6.45) is 0.819. The van der Waals surface area contributed by atoms with E-state index in [0.29, 0.717) is 6.54 Å². The van der Waals surface area contributed by atoms with Crippen molar-refractivity contribution in [2.24, 2.45) is 5.73 Å². The lowest BCUT2D eigenvalue weighted by atomic mass is 9.92. The Labute approximate surface area is 133 Å². The van der Waals surface area contributed by atoms with E-state index in [1.165, 1.54) is 0 Å². The normalized spacial score (nSPS) is 12.2. The van der Waals surface area contributed by atoms with Crippen LogP contribution in [0, 0.1) is 0 Å². The minimum Gasteiger partial charge on any atom is -0.496 e. The van der Waals surface area contributed by atoms with Gasteiger partial charge in [0, 0.05) is 15.4 Å². The maximum Gasteiger partial charge on any atom is 0.122 e. The SMILES string of the molecule is COc1ccc(Br)cc1CC(CN)c1cccc(Cl)c1. The Kier molecular flexibility index (Phi) is 5.46. The average molecular weight is 355 g/mol. The predicted molar refractivity (Wildman–Crippen MR) is 87.6 cm³/mol. The highest BCUT2D eigenvalue weighted by Crippen LogP contribution is 2.29. The molecule has 0 saturated heterocycles. The minimum atomic E-state index is 0.219. The van der Waals surface area contributed by atoms with Crippen molar-refractivity contribution in [2.75, 3.05) is 13.7 Å². The first kappa shape index (κ1) is 15.4. The summed E-state index contributed by atoms with van der Waals surface area (Å²) in [4.78, 5) is 0. The van der Waals surface area contributed by atoms with Crippen LogP contribution in [0.15, 0.2) is 46.9 Å². The first-order chi connectivity index (χ1) is 9.63. The quantitative estimate of drug-likeness (QED) is 0.864. The Bertz CT molecular complexity index is 588. The van der Waals surface area contributed by atoms with Gasteiger partial charge in [-0.15, -0.1) is 0 Å². The molecule has 0 radical (unpaired) electrons. The maximum atomic E-state index is 6.06. The van der Waals surface area contributed by atoms with E-state index in [9.17, 15) is 0 Å². The first-order valence-corrected chi connectivity index (χ1v) is 7.59. The van der Waals surface area contributed by atoms with Crippen LogP contribution < -0.4 is 10.5 Å². The number of methoxy groups -OCH3 is 1. The molecule has 1 unspecified atom stereocenters. The zero-order valence-corrected chi connectivity index (χ0v) is 13.6. The van der Waals surface area contributed by atoms with Crippen LogP contribution in [-0.4, -0.2) is 13.7 Å². The molecule has 106 valence electrons. The number of hydrogen-bond donors (Lipinski definition) is 1. The molecule has 0 aromatic heterocycles. The average Bonchev–Trinajstić information content (AvgIpc) is 2.45. The Morgan fingerprint density at radius 3 is 2.70 bits per heavy atom. The van der Waals surface area contributed by atoms with Crippen molar-refractivity contribution >= 4 is 27.5 Å². The summed E-state index contributed by atoms with van der Waals surface area (Å²) < 4.78 is 6.45. The standard InChI is InChI=1S/C16H17BrClNO/c1-20-16-6-5-14(17)8-12(16)7-13(10-19)11-3-2-4-15(18)9-11/h2-6,8-9,13H,7,10,19H2,1H3. The lowest BCUT2D eigenvalue weighted by molar-refractivity contribution is 0.408. The van der Waals surface area contributed by atoms with Gasteiger partial charge in [0.15, 0.2) is 0 Å². The van der Waals surface area contributed by atoms with Crippen molar-refractivity contribution < 1.29 is 4.74 Å². The van der Waals surface area contributed by atoms with E-state index < -0.39 is 0 Å². The molecule has 2 aromatic rings. The van der Waals surface area contributed by atoms with Gasteiger partial charge in [0.1, 0.15) is 5.75 Å². The second-order valence-electron chi connectivity index (χ2n) is 4.65. The van der Waals surface area contributed by atoms with Crippen molar-refractivity contribution in [3.63, 3.8) is 0 Å². The zero-order chi connectivity index (χ0) is 14.5. The molecule has 2 N–H and O–H groups in total. The highest BCUT2D eigenvalue weighted by atomic mass is 79.9. The molecular formula is C16H17BrClNO. The number of nitrogens with two attached hydrogens (primary N) is 1. The highest BCUT2D eigenvalue weighted by molar-refractivity contribution is 9.10. The van der Waals surface area contributed by atoms with Crippen LogP contribution in [0.1, 0.15) is 17.0 Å². The number of benzene rings is 2. The lowest BCUT2D eigenvalue weighted by Gasteiger charge is -2.17. The molecular weight excluding hydrogens is 338 g/mol. The Morgan fingerprint density at radius 1 is 1.25 bits per heavy atom. The Hall–Kier alpha value is -1.03. The Balaban J connectivity index is 2.28. The van der Waals surface area contributed by atoms with E-state index >= 15 is 0 Å². The van der Waals surface area contributed by atoms with Gasteiger partial charge in [-0.25, -0.2) is 0 Å². The summed E-state index contributed by atoms with van der Waals surface area (Å²) in [5.74, 6) is 1.10. The van der Waals surface area contributed by atoms with Gasteiger partial charge in [-0.2, -0.15) is 0 Å². The smallest absolute Gasteiger partial charge is 0.122 e. The van der Waals surface area contributed by atoms with E-state index in [2.05, 4.69) is 28.1 Å². The molecule has 20 heavy (non-hydrogen) atoms. The van der Waals surface area contributed by atoms with Gasteiger partial charge in [0.05, 0.1) is 7.11 Å². The largest absolute Gasteiger partial charge is 0.496 e. The maximum absolute atomic E-state index is 6.06. The van der Waals surface area contributed by atoms with Gasteiger partial charge in [-0.05, 0) is 54.4 Å². The fourth-order valence-electron chi connectivity index (χ4n) is 2.27. The molecule has 0 aliphatic rings. The molecule has 1 atom stereocenters. The molecule has 4 heteroatoms. The second kappa shape index (κ2) is 7.11. The molecule has 2 aromatic carbocycles. The van der Waals surface area contributed by atoms with Crippen LogP contribution in [0.5, 0.6) is 5.75 Å². The highest BCUT2D eigenvalue weighted by Gasteiger charge is 2.14. The van der Waals surface area contributed by atoms with Crippen LogP contribution in [0.4, 0.5) is 0 Å². The van der Waals surface area contributed by atoms with Crippen molar-refractivity contribution in [3.05, 3.63) is 63.1 Å². The fourth-order valence-corrected chi connectivity index (χ4v) is 2.88. The third-order valence-electron chi connectivity index (χ3n) is 3.31. The summed E-state index contributed by atoms with van der Waals surface area (Å²) in [5, 5.41) is 0.738. The lowest BCUT2D eigenvalue weighted by Crippen LogP contribution is -2.15. The number of hydrogen-bond acceptors (Lipinski definition) is 2. The van der Waals surface area contributed by atoms with Gasteiger partial charge in [0.2, 0.25) is 0 Å². The van der Waals surface area contributed by atoms with Gasteiger partial charge in [-0.1, -0.05) is 39.7 Å². The van der Waals surface area contributed by atoms with Crippen molar-refractivity contribution in [1.82, 2.24) is 0 Å². The zero-order valence-electron chi connectivity index (χ0n) is 11.3. The molecule has 0 spiro atoms. The molecule has 0 fully saturated rings. The van der Waals surface area contributed by atoms with Crippen LogP contribution in [0.2, 0.25) is 5.02 Å². The van der Waals surface area contributed by atoms with Gasteiger partial charge < -0.3 is 10.5 Å². The summed E-state index contributed by atoms with van der Waals surface area (Å²) in [7, 11) is 1.68. The summed E-state index contributed by atoms with van der Waals surface area (Å²) in [6.45, 7) is 0.565. The van der Waals surface area contributed by atoms with Crippen molar-refractivity contribution in [2.45, 2.75) is 12.3 Å². The van der Waals surface area contributed by atoms with E-state index in [0.717, 1.165) is 32.8 Å². The van der Waals surface area contributed by atoms with Gasteiger partial charge in [0.25, 0.3) is 0 Å². The second-order valence-corrected chi connectivity index (χ2v) is 6.00. The van der Waals surface area contributed by atoms with Crippen LogP contribution in [0.25, 0.3) is 0 Å². The molecule has 0 heterocycles. The van der Waals surface area contributed by atoms with Crippen LogP contribution in [-0.2, 0) is 6.42 Å². The number of halogens is 2. The topological polar surface area (TPSA) is 35.2 Å². The molecule has 0 aliphatic heterocycles. The number of ether oxygens (including phenoxy) is 1. The molecule has 0 saturated carbocycles. The van der Waals surface area contributed by atoms with E-state index in [1.807, 2.05) is 30.3 Å². The predicted octanol–water partition coefficient (Wildman–Crippen LogP) is 4.40. The Morgan fingerprint density at radius 2 is 2.05 bits per heavy atom. The molecule has 0 amide bonds. The van der Waals surface area contributed by atoms with Crippen LogP contribution in [0.3, 0.4) is 0 Å². The molecule has 2 nitrogen and oxygen atoms in total. The summed E-state index contributed by atoms with van der Waals surface area (Å²) in [5.41, 5.74) is 8.23. The molecule has 0 bridgehead atoms. The molecule has 0 aliphatic carbocycles. The van der Waals surface area contributed by atoms with Crippen molar-refractivity contribution in [1.29, 1.82) is 0 Å². The minimum absolute atomic E-state index is 0.219. The van der Waals surface area contributed by atoms with E-state index in [4.69, 9.17) is 22.1 Å². The third kappa shape index (κ3) is 3.75. The van der Waals surface area contributed by atoms with Gasteiger partial charge in [-0.3, -0.25) is 0 Å². The van der Waals surface area contributed by atoms with Gasteiger partial charge >= 0.3 is 0 Å². The van der Waals surface area contributed by atoms with Crippen molar-refractivity contribution in [3.8, 4) is 5.75 Å². The fraction of sp³-hybridized carbons (Fsp3) is 0.250.